The topological polar surface area (TPSA) is 85.5 Å². The molecule has 108 valence electrons. The summed E-state index contributed by atoms with van der Waals surface area (Å²) in [6.07, 6.45) is 3.24. The van der Waals surface area contributed by atoms with Crippen LogP contribution in [0.15, 0.2) is 4.90 Å². The third-order valence-electron chi connectivity index (χ3n) is 3.16. The molecule has 1 saturated heterocycles. The van der Waals surface area contributed by atoms with Gasteiger partial charge in [0, 0.05) is 26.0 Å². The van der Waals surface area contributed by atoms with Crippen molar-refractivity contribution in [1.82, 2.24) is 4.37 Å². The lowest BCUT2D eigenvalue weighted by atomic mass is 10.1. The van der Waals surface area contributed by atoms with Gasteiger partial charge in [-0.2, -0.15) is 4.37 Å². The molecule has 0 aliphatic carbocycles. The molecule has 1 aliphatic rings. The van der Waals surface area contributed by atoms with Crippen LogP contribution in [0, 0.1) is 0 Å². The van der Waals surface area contributed by atoms with Crippen LogP contribution in [0.4, 0.5) is 10.8 Å². The third kappa shape index (κ3) is 3.18. The minimum absolute atomic E-state index is 0.106. The summed E-state index contributed by atoms with van der Waals surface area (Å²) in [6.45, 7) is 4.24. The Kier molecular flexibility index (Phi) is 4.32. The lowest BCUT2D eigenvalue weighted by Gasteiger charge is -2.32. The summed E-state index contributed by atoms with van der Waals surface area (Å²) in [6, 6.07) is 0. The van der Waals surface area contributed by atoms with E-state index in [0.717, 1.165) is 37.5 Å². The van der Waals surface area contributed by atoms with Crippen molar-refractivity contribution in [2.75, 3.05) is 36.6 Å². The minimum Gasteiger partial charge on any atom is -0.382 e. The standard InChI is InChI=1S/C11H19N3O3S2/c1-3-17-8-4-6-14(7-5-8)11-9(19(2,15)16)10(12)13-18-11/h8H,3-7H2,1-2H3,(H2,12,13). The second kappa shape index (κ2) is 5.64. The molecule has 0 unspecified atom stereocenters. The van der Waals surface area contributed by atoms with Gasteiger partial charge in [0.2, 0.25) is 0 Å². The molecule has 19 heavy (non-hydrogen) atoms. The second-order valence-corrected chi connectivity index (χ2v) is 7.32. The van der Waals surface area contributed by atoms with Crippen molar-refractivity contribution in [2.45, 2.75) is 30.8 Å². The van der Waals surface area contributed by atoms with Gasteiger partial charge in [0.05, 0.1) is 6.10 Å². The molecule has 1 fully saturated rings. The van der Waals surface area contributed by atoms with Gasteiger partial charge in [-0.1, -0.05) is 0 Å². The number of nitrogen functional groups attached to an aromatic ring is 1. The molecule has 8 heteroatoms. The minimum atomic E-state index is -3.34. The molecule has 0 atom stereocenters. The second-order valence-electron chi connectivity index (χ2n) is 4.62. The molecule has 2 heterocycles. The van der Waals surface area contributed by atoms with Crippen LogP contribution in [0.3, 0.4) is 0 Å². The summed E-state index contributed by atoms with van der Waals surface area (Å²) < 4.78 is 33.1. The smallest absolute Gasteiger partial charge is 0.182 e. The highest BCUT2D eigenvalue weighted by atomic mass is 32.2. The Morgan fingerprint density at radius 2 is 2.11 bits per heavy atom. The Morgan fingerprint density at radius 1 is 1.47 bits per heavy atom. The summed E-state index contributed by atoms with van der Waals surface area (Å²) in [4.78, 5) is 2.22. The van der Waals surface area contributed by atoms with Crippen LogP contribution in [-0.4, -0.2) is 44.8 Å². The Hall–Kier alpha value is -0.860. The van der Waals surface area contributed by atoms with Gasteiger partial charge < -0.3 is 15.4 Å². The van der Waals surface area contributed by atoms with Gasteiger partial charge in [-0.3, -0.25) is 0 Å². The monoisotopic (exact) mass is 305 g/mol. The van der Waals surface area contributed by atoms with Crippen LogP contribution in [0.5, 0.6) is 0 Å². The zero-order chi connectivity index (χ0) is 14.0. The Bertz CT molecular complexity index is 533. The van der Waals surface area contributed by atoms with Gasteiger partial charge in [0.25, 0.3) is 0 Å². The largest absolute Gasteiger partial charge is 0.382 e. The summed E-state index contributed by atoms with van der Waals surface area (Å²) in [5.41, 5.74) is 5.68. The Labute approximate surface area is 117 Å². The van der Waals surface area contributed by atoms with E-state index in [1.165, 1.54) is 6.26 Å². The molecule has 1 aliphatic heterocycles. The fraction of sp³-hybridized carbons (Fsp3) is 0.727. The highest BCUT2D eigenvalue weighted by Crippen LogP contribution is 2.36. The summed E-state index contributed by atoms with van der Waals surface area (Å²) in [5.74, 6) is 0.106. The third-order valence-corrected chi connectivity index (χ3v) is 5.36. The van der Waals surface area contributed by atoms with Crippen LogP contribution >= 0.6 is 11.5 Å². The lowest BCUT2D eigenvalue weighted by molar-refractivity contribution is 0.0459. The molecule has 1 aromatic rings. The van der Waals surface area contributed by atoms with E-state index in [9.17, 15) is 8.42 Å². The molecule has 6 nitrogen and oxygen atoms in total. The molecule has 0 spiro atoms. The van der Waals surface area contributed by atoms with Crippen molar-refractivity contribution in [1.29, 1.82) is 0 Å². The van der Waals surface area contributed by atoms with Crippen molar-refractivity contribution >= 4 is 32.2 Å². The molecule has 2 rings (SSSR count). The van der Waals surface area contributed by atoms with E-state index in [1.807, 2.05) is 11.8 Å². The van der Waals surface area contributed by atoms with E-state index >= 15 is 0 Å². The van der Waals surface area contributed by atoms with Crippen LogP contribution in [0.1, 0.15) is 19.8 Å². The zero-order valence-electron chi connectivity index (χ0n) is 11.1. The van der Waals surface area contributed by atoms with Crippen molar-refractivity contribution in [3.05, 3.63) is 0 Å². The first-order valence-electron chi connectivity index (χ1n) is 6.25. The Balaban J connectivity index is 2.17. The summed E-state index contributed by atoms with van der Waals surface area (Å²) in [7, 11) is -3.34. The number of aromatic nitrogens is 1. The van der Waals surface area contributed by atoms with Crippen molar-refractivity contribution in [3.8, 4) is 0 Å². The average Bonchev–Trinajstić information content (AvgIpc) is 2.72. The number of piperidine rings is 1. The predicted octanol–water partition coefficient (Wildman–Crippen LogP) is 1.13. The number of anilines is 2. The van der Waals surface area contributed by atoms with Gasteiger partial charge in [-0.15, -0.1) is 0 Å². The molecular weight excluding hydrogens is 286 g/mol. The maximum Gasteiger partial charge on any atom is 0.182 e. The SMILES string of the molecule is CCOC1CCN(c2snc(N)c2S(C)(=O)=O)CC1. The van der Waals surface area contributed by atoms with Crippen molar-refractivity contribution in [2.24, 2.45) is 0 Å². The van der Waals surface area contributed by atoms with Gasteiger partial charge >= 0.3 is 0 Å². The molecular formula is C11H19N3O3S2. The van der Waals surface area contributed by atoms with E-state index < -0.39 is 9.84 Å². The van der Waals surface area contributed by atoms with Crippen LogP contribution in [-0.2, 0) is 14.6 Å². The van der Waals surface area contributed by atoms with E-state index in [4.69, 9.17) is 10.5 Å². The highest BCUT2D eigenvalue weighted by molar-refractivity contribution is 7.91. The summed E-state index contributed by atoms with van der Waals surface area (Å²) in [5, 5.41) is 0.662. The predicted molar refractivity (Wildman–Crippen MR) is 76.5 cm³/mol. The normalized spacial score (nSPS) is 17.9. The fourth-order valence-corrected chi connectivity index (χ4v) is 4.55. The lowest BCUT2D eigenvalue weighted by Crippen LogP contribution is -2.37. The van der Waals surface area contributed by atoms with E-state index in [-0.39, 0.29) is 16.8 Å². The van der Waals surface area contributed by atoms with Gasteiger partial charge in [-0.05, 0) is 31.3 Å². The first-order chi connectivity index (χ1) is 8.93. The maximum atomic E-state index is 11.8. The van der Waals surface area contributed by atoms with Crippen molar-refractivity contribution < 1.29 is 13.2 Å². The average molecular weight is 305 g/mol. The number of sulfone groups is 1. The number of nitrogens with zero attached hydrogens (tertiary/aromatic N) is 2. The molecule has 0 radical (unpaired) electrons. The molecule has 0 aromatic carbocycles. The van der Waals surface area contributed by atoms with Crippen LogP contribution in [0.25, 0.3) is 0 Å². The number of hydrogen-bond acceptors (Lipinski definition) is 7. The quantitative estimate of drug-likeness (QED) is 0.897. The van der Waals surface area contributed by atoms with E-state index in [1.54, 1.807) is 0 Å². The first-order valence-corrected chi connectivity index (χ1v) is 8.91. The summed E-state index contributed by atoms with van der Waals surface area (Å²) >= 11 is 1.16. The van der Waals surface area contributed by atoms with E-state index in [0.29, 0.717) is 11.6 Å². The van der Waals surface area contributed by atoms with Crippen molar-refractivity contribution in [3.63, 3.8) is 0 Å². The Morgan fingerprint density at radius 3 is 2.63 bits per heavy atom. The zero-order valence-corrected chi connectivity index (χ0v) is 12.8. The maximum absolute atomic E-state index is 11.8. The number of ether oxygens (including phenoxy) is 1. The number of rotatable bonds is 4. The first kappa shape index (κ1) is 14.5. The molecule has 0 saturated carbocycles. The number of hydrogen-bond donors (Lipinski definition) is 1. The fourth-order valence-electron chi connectivity index (χ4n) is 2.30. The van der Waals surface area contributed by atoms with Crippen LogP contribution < -0.4 is 10.6 Å². The van der Waals surface area contributed by atoms with Gasteiger partial charge in [-0.25, -0.2) is 8.42 Å². The van der Waals surface area contributed by atoms with Crippen LogP contribution in [0.2, 0.25) is 0 Å². The number of nitrogens with two attached hydrogens (primary N) is 1. The molecule has 0 bridgehead atoms. The molecule has 0 amide bonds. The highest BCUT2D eigenvalue weighted by Gasteiger charge is 2.28. The van der Waals surface area contributed by atoms with E-state index in [2.05, 4.69) is 4.37 Å². The van der Waals surface area contributed by atoms with Gasteiger partial charge in [0.1, 0.15) is 9.90 Å². The molecule has 1 aromatic heterocycles. The van der Waals surface area contributed by atoms with Gasteiger partial charge in [0.15, 0.2) is 15.7 Å². The molecule has 2 N–H and O–H groups in total.